The zero-order chi connectivity index (χ0) is 14.7. The molecule has 4 atom stereocenters. The van der Waals surface area contributed by atoms with E-state index in [0.29, 0.717) is 0 Å². The maximum absolute atomic E-state index is 11.7. The van der Waals surface area contributed by atoms with Gasteiger partial charge in [-0.1, -0.05) is 0 Å². The van der Waals surface area contributed by atoms with Gasteiger partial charge in [0.15, 0.2) is 13.0 Å². The third kappa shape index (κ3) is 2.80. The minimum Gasteiger partial charge on any atom is -0.394 e. The summed E-state index contributed by atoms with van der Waals surface area (Å²) in [4.78, 5) is 29.1. The number of nitrogens with one attached hydrogen (secondary N) is 1. The number of aliphatic hydroxyl groups is 2. The highest BCUT2D eigenvalue weighted by Crippen LogP contribution is 2.30. The molecule has 20 heavy (non-hydrogen) atoms. The number of ether oxygens (including phenoxy) is 2. The lowest BCUT2D eigenvalue weighted by Crippen LogP contribution is -2.39. The van der Waals surface area contributed by atoms with E-state index in [4.69, 9.17) is 20.5 Å². The predicted octanol–water partition coefficient (Wildman–Crippen LogP) is -2.98. The summed E-state index contributed by atoms with van der Waals surface area (Å²) in [6.07, 6.45) is -2.92. The Morgan fingerprint density at radius 2 is 2.25 bits per heavy atom. The SMILES string of the molecule is NOCO[C@@H]1[C@H](O)[C@@H](CO)O[C@H]1n1ccc(=O)[nH]c1=O. The number of aliphatic hydroxyl groups excluding tert-OH is 2. The van der Waals surface area contributed by atoms with Crippen molar-refractivity contribution < 1.29 is 24.5 Å². The molecule has 1 aliphatic rings. The molecule has 0 saturated carbocycles. The third-order valence-electron chi connectivity index (χ3n) is 2.95. The molecule has 0 spiro atoms. The van der Waals surface area contributed by atoms with E-state index in [0.717, 1.165) is 10.6 Å². The van der Waals surface area contributed by atoms with Crippen LogP contribution < -0.4 is 17.1 Å². The van der Waals surface area contributed by atoms with Crippen LogP contribution in [0.2, 0.25) is 0 Å². The first kappa shape index (κ1) is 14.8. The van der Waals surface area contributed by atoms with Gasteiger partial charge in [-0.05, 0) is 0 Å². The molecule has 1 saturated heterocycles. The monoisotopic (exact) mass is 289 g/mol. The van der Waals surface area contributed by atoms with Gasteiger partial charge in [-0.2, -0.15) is 0 Å². The number of nitrogens with zero attached hydrogens (tertiary/aromatic N) is 1. The molecule has 0 aliphatic carbocycles. The van der Waals surface area contributed by atoms with Crippen molar-refractivity contribution in [2.45, 2.75) is 24.5 Å². The summed E-state index contributed by atoms with van der Waals surface area (Å²) in [5.74, 6) is 4.84. The minimum atomic E-state index is -1.18. The molecule has 0 bridgehead atoms. The Morgan fingerprint density at radius 3 is 2.85 bits per heavy atom. The maximum Gasteiger partial charge on any atom is 0.330 e. The Bertz CT molecular complexity index is 556. The lowest BCUT2D eigenvalue weighted by molar-refractivity contribution is -0.141. The van der Waals surface area contributed by atoms with Gasteiger partial charge in [0.1, 0.15) is 18.3 Å². The second-order valence-electron chi connectivity index (χ2n) is 4.17. The van der Waals surface area contributed by atoms with Gasteiger partial charge in [0.25, 0.3) is 5.56 Å². The van der Waals surface area contributed by atoms with Crippen LogP contribution in [0.3, 0.4) is 0 Å². The van der Waals surface area contributed by atoms with Crippen LogP contribution in [0, 0.1) is 0 Å². The maximum atomic E-state index is 11.7. The van der Waals surface area contributed by atoms with Crippen LogP contribution in [0.4, 0.5) is 0 Å². The van der Waals surface area contributed by atoms with Crippen LogP contribution in [-0.4, -0.2) is 51.5 Å². The lowest BCUT2D eigenvalue weighted by atomic mass is 10.1. The van der Waals surface area contributed by atoms with E-state index in [-0.39, 0.29) is 6.79 Å². The zero-order valence-electron chi connectivity index (χ0n) is 10.3. The Balaban J connectivity index is 2.31. The molecule has 10 nitrogen and oxygen atoms in total. The van der Waals surface area contributed by atoms with E-state index in [1.54, 1.807) is 0 Å². The number of H-pyrrole nitrogens is 1. The average Bonchev–Trinajstić information content (AvgIpc) is 2.73. The van der Waals surface area contributed by atoms with Gasteiger partial charge < -0.3 is 19.7 Å². The first-order chi connectivity index (χ1) is 9.58. The predicted molar refractivity (Wildman–Crippen MR) is 63.3 cm³/mol. The molecular weight excluding hydrogens is 274 g/mol. The molecule has 0 amide bonds. The molecule has 112 valence electrons. The van der Waals surface area contributed by atoms with Crippen molar-refractivity contribution >= 4 is 0 Å². The average molecular weight is 289 g/mol. The molecule has 0 radical (unpaired) electrons. The summed E-state index contributed by atoms with van der Waals surface area (Å²) in [5.41, 5.74) is -1.29. The Morgan fingerprint density at radius 1 is 1.50 bits per heavy atom. The second kappa shape index (κ2) is 6.26. The molecule has 5 N–H and O–H groups in total. The number of aromatic amines is 1. The van der Waals surface area contributed by atoms with E-state index < -0.39 is 42.4 Å². The Labute approximate surface area is 112 Å². The molecule has 0 unspecified atom stereocenters. The first-order valence-electron chi connectivity index (χ1n) is 5.77. The van der Waals surface area contributed by atoms with Crippen molar-refractivity contribution in [1.29, 1.82) is 0 Å². The third-order valence-corrected chi connectivity index (χ3v) is 2.95. The normalized spacial score (nSPS) is 29.8. The summed E-state index contributed by atoms with van der Waals surface area (Å²) in [6.45, 7) is -0.795. The van der Waals surface area contributed by atoms with E-state index in [1.165, 1.54) is 6.20 Å². The number of hydrogen-bond donors (Lipinski definition) is 4. The zero-order valence-corrected chi connectivity index (χ0v) is 10.3. The second-order valence-corrected chi connectivity index (χ2v) is 4.17. The van der Waals surface area contributed by atoms with Crippen LogP contribution in [0.15, 0.2) is 21.9 Å². The van der Waals surface area contributed by atoms with Crippen LogP contribution in [0.25, 0.3) is 0 Å². The summed E-state index contributed by atoms with van der Waals surface area (Å²) in [6, 6.07) is 1.12. The van der Waals surface area contributed by atoms with Crippen molar-refractivity contribution in [3.05, 3.63) is 33.1 Å². The lowest BCUT2D eigenvalue weighted by Gasteiger charge is -2.21. The van der Waals surface area contributed by atoms with Crippen molar-refractivity contribution in [3.63, 3.8) is 0 Å². The Kier molecular flexibility index (Phi) is 4.65. The van der Waals surface area contributed by atoms with E-state index >= 15 is 0 Å². The number of aromatic nitrogens is 2. The van der Waals surface area contributed by atoms with Gasteiger partial charge in [-0.3, -0.25) is 19.2 Å². The first-order valence-corrected chi connectivity index (χ1v) is 5.77. The number of nitrogens with two attached hydrogens (primary N) is 1. The number of rotatable bonds is 5. The quantitative estimate of drug-likeness (QED) is 0.331. The van der Waals surface area contributed by atoms with Gasteiger partial charge in [0.2, 0.25) is 0 Å². The fraction of sp³-hybridized carbons (Fsp3) is 0.600. The van der Waals surface area contributed by atoms with Crippen molar-refractivity contribution in [3.8, 4) is 0 Å². The van der Waals surface area contributed by atoms with Crippen LogP contribution >= 0.6 is 0 Å². The molecule has 2 heterocycles. The largest absolute Gasteiger partial charge is 0.394 e. The van der Waals surface area contributed by atoms with Crippen molar-refractivity contribution in [2.24, 2.45) is 5.90 Å². The van der Waals surface area contributed by atoms with Gasteiger partial charge >= 0.3 is 5.69 Å². The highest BCUT2D eigenvalue weighted by molar-refractivity contribution is 4.93. The summed E-state index contributed by atoms with van der Waals surface area (Å²) in [7, 11) is 0. The summed E-state index contributed by atoms with van der Waals surface area (Å²) < 4.78 is 11.6. The molecule has 1 aromatic rings. The highest BCUT2D eigenvalue weighted by Gasteiger charge is 2.45. The minimum absolute atomic E-state index is 0.335. The smallest absolute Gasteiger partial charge is 0.330 e. The fourth-order valence-electron chi connectivity index (χ4n) is 2.02. The van der Waals surface area contributed by atoms with E-state index in [1.807, 2.05) is 0 Å². The standard InChI is InChI=1S/C10H15N3O7/c11-19-4-18-8-7(16)5(3-14)20-9(8)13-2-1-6(15)12-10(13)17/h1-2,5,7-9,14,16H,3-4,11H2,(H,12,15,17)/t5-,7-,8-,9-/m1/s1. The molecule has 0 aromatic carbocycles. The number of hydrogen-bond acceptors (Lipinski definition) is 8. The molecular formula is C10H15N3O7. The van der Waals surface area contributed by atoms with E-state index in [9.17, 15) is 14.7 Å². The molecule has 1 fully saturated rings. The summed E-state index contributed by atoms with van der Waals surface area (Å²) in [5, 5.41) is 19.1. The van der Waals surface area contributed by atoms with Gasteiger partial charge in [-0.25, -0.2) is 10.7 Å². The van der Waals surface area contributed by atoms with Crippen LogP contribution in [0.1, 0.15) is 6.23 Å². The van der Waals surface area contributed by atoms with Gasteiger partial charge in [0, 0.05) is 12.3 Å². The van der Waals surface area contributed by atoms with Crippen LogP contribution in [0.5, 0.6) is 0 Å². The van der Waals surface area contributed by atoms with Gasteiger partial charge in [-0.15, -0.1) is 0 Å². The molecule has 10 heteroatoms. The van der Waals surface area contributed by atoms with Crippen LogP contribution in [-0.2, 0) is 14.3 Å². The van der Waals surface area contributed by atoms with E-state index in [2.05, 4.69) is 9.82 Å². The van der Waals surface area contributed by atoms with Crippen molar-refractivity contribution in [2.75, 3.05) is 13.4 Å². The summed E-state index contributed by atoms with van der Waals surface area (Å²) >= 11 is 0. The fourth-order valence-corrected chi connectivity index (χ4v) is 2.02. The van der Waals surface area contributed by atoms with Gasteiger partial charge in [0.05, 0.1) is 6.61 Å². The molecule has 1 aromatic heterocycles. The molecule has 1 aliphatic heterocycles. The topological polar surface area (TPSA) is 149 Å². The Hall–Kier alpha value is -1.56. The van der Waals surface area contributed by atoms with Crippen molar-refractivity contribution in [1.82, 2.24) is 9.55 Å². The highest BCUT2D eigenvalue weighted by atomic mass is 16.7. The molecule has 2 rings (SSSR count).